The van der Waals surface area contributed by atoms with Crippen LogP contribution in [0, 0.1) is 0 Å². The largest absolute Gasteiger partial charge is 0.494 e. The maximum absolute atomic E-state index is 12.3. The summed E-state index contributed by atoms with van der Waals surface area (Å²) in [4.78, 5) is 12.3. The summed E-state index contributed by atoms with van der Waals surface area (Å²) in [5.41, 5.74) is 4.87. The molecule has 0 aromatic heterocycles. The summed E-state index contributed by atoms with van der Waals surface area (Å²) in [6.45, 7) is 5.54. The Morgan fingerprint density at radius 3 is 2.39 bits per heavy atom. The number of rotatable bonds is 11. The Morgan fingerprint density at radius 2 is 1.70 bits per heavy atom. The fourth-order valence-electron chi connectivity index (χ4n) is 2.89. The average molecular weight is 511 g/mol. The quantitative estimate of drug-likeness (QED) is 0.254. The minimum absolute atomic E-state index is 0.298. The van der Waals surface area contributed by atoms with E-state index in [2.05, 4.69) is 26.5 Å². The lowest BCUT2D eigenvalue weighted by molar-refractivity contribution is 0.0955. The predicted molar refractivity (Wildman–Crippen MR) is 133 cm³/mol. The molecule has 33 heavy (non-hydrogen) atoms. The Hall–Kier alpha value is -3.32. The number of hydrogen-bond donors (Lipinski definition) is 1. The van der Waals surface area contributed by atoms with Crippen LogP contribution in [-0.4, -0.2) is 25.3 Å². The summed E-state index contributed by atoms with van der Waals surface area (Å²) in [5, 5.41) is 4.07. The maximum atomic E-state index is 12.3. The van der Waals surface area contributed by atoms with E-state index in [4.69, 9.17) is 14.2 Å². The van der Waals surface area contributed by atoms with Gasteiger partial charge < -0.3 is 14.2 Å². The van der Waals surface area contributed by atoms with E-state index in [-0.39, 0.29) is 5.91 Å². The van der Waals surface area contributed by atoms with Crippen molar-refractivity contribution in [3.8, 4) is 17.2 Å². The van der Waals surface area contributed by atoms with E-state index < -0.39 is 0 Å². The van der Waals surface area contributed by atoms with Gasteiger partial charge in [-0.25, -0.2) is 5.43 Å². The second-order valence-corrected chi connectivity index (χ2v) is 8.04. The third kappa shape index (κ3) is 7.64. The zero-order valence-corrected chi connectivity index (χ0v) is 20.3. The molecule has 0 saturated carbocycles. The summed E-state index contributed by atoms with van der Waals surface area (Å²) in [6, 6.07) is 20.4. The van der Waals surface area contributed by atoms with E-state index in [0.29, 0.717) is 36.9 Å². The molecule has 0 heterocycles. The van der Waals surface area contributed by atoms with E-state index in [9.17, 15) is 4.79 Å². The van der Waals surface area contributed by atoms with Crippen LogP contribution >= 0.6 is 15.9 Å². The van der Waals surface area contributed by atoms with Gasteiger partial charge in [0, 0.05) is 10.0 Å². The molecule has 0 spiro atoms. The van der Waals surface area contributed by atoms with Gasteiger partial charge in [-0.3, -0.25) is 4.79 Å². The molecule has 0 aliphatic rings. The molecule has 0 aliphatic heterocycles. The molecule has 172 valence electrons. The molecule has 0 atom stereocenters. The molecule has 6 nitrogen and oxygen atoms in total. The van der Waals surface area contributed by atoms with Gasteiger partial charge in [-0.05, 0) is 79.1 Å². The number of nitrogens with one attached hydrogen (secondary N) is 1. The highest BCUT2D eigenvalue weighted by atomic mass is 79.9. The van der Waals surface area contributed by atoms with Gasteiger partial charge in [0.05, 0.1) is 19.4 Å². The summed E-state index contributed by atoms with van der Waals surface area (Å²) in [5.74, 6) is 1.70. The van der Waals surface area contributed by atoms with Crippen LogP contribution in [0.5, 0.6) is 17.2 Å². The van der Waals surface area contributed by atoms with Crippen LogP contribution in [0.4, 0.5) is 0 Å². The molecular weight excluding hydrogens is 484 g/mol. The number of ether oxygens (including phenoxy) is 3. The van der Waals surface area contributed by atoms with Crippen LogP contribution < -0.4 is 19.6 Å². The highest BCUT2D eigenvalue weighted by Gasteiger charge is 2.08. The summed E-state index contributed by atoms with van der Waals surface area (Å²) < 4.78 is 18.2. The number of carbonyl (C=O) groups is 1. The van der Waals surface area contributed by atoms with Crippen LogP contribution in [0.15, 0.2) is 76.3 Å². The van der Waals surface area contributed by atoms with Crippen LogP contribution in [0.25, 0.3) is 0 Å². The molecule has 0 unspecified atom stereocenters. The van der Waals surface area contributed by atoms with Crippen LogP contribution in [0.3, 0.4) is 0 Å². The fraction of sp³-hybridized carbons (Fsp3) is 0.231. The molecule has 0 aliphatic carbocycles. The number of amides is 1. The number of halogens is 1. The molecule has 3 aromatic carbocycles. The van der Waals surface area contributed by atoms with Crippen molar-refractivity contribution in [1.82, 2.24) is 5.43 Å². The van der Waals surface area contributed by atoms with E-state index in [1.165, 1.54) is 0 Å². The van der Waals surface area contributed by atoms with E-state index in [0.717, 1.165) is 27.8 Å². The molecule has 7 heteroatoms. The van der Waals surface area contributed by atoms with Crippen molar-refractivity contribution in [3.63, 3.8) is 0 Å². The zero-order chi connectivity index (χ0) is 23.5. The lowest BCUT2D eigenvalue weighted by atomic mass is 10.2. The summed E-state index contributed by atoms with van der Waals surface area (Å²) in [7, 11) is 0. The van der Waals surface area contributed by atoms with Crippen molar-refractivity contribution in [1.29, 1.82) is 0 Å². The van der Waals surface area contributed by atoms with Crippen molar-refractivity contribution in [2.75, 3.05) is 13.2 Å². The standard InChI is InChI=1S/C26H27BrN2O4/c1-3-15-32-23-12-8-21(9-13-23)26(30)29-28-17-20-7-14-24(25(16-20)31-4-2)33-18-19-5-10-22(27)11-6-19/h5-14,16-17H,3-4,15,18H2,1-2H3,(H,29,30)/b28-17+. The second-order valence-electron chi connectivity index (χ2n) is 7.13. The Kier molecular flexibility index (Phi) is 9.32. The molecule has 0 radical (unpaired) electrons. The highest BCUT2D eigenvalue weighted by molar-refractivity contribution is 9.10. The zero-order valence-electron chi connectivity index (χ0n) is 18.7. The van der Waals surface area contributed by atoms with Gasteiger partial charge in [-0.1, -0.05) is 35.0 Å². The minimum atomic E-state index is -0.298. The predicted octanol–water partition coefficient (Wildman–Crippen LogP) is 5.98. The van der Waals surface area contributed by atoms with Gasteiger partial charge in [0.2, 0.25) is 0 Å². The molecule has 3 aromatic rings. The lowest BCUT2D eigenvalue weighted by Gasteiger charge is -2.12. The van der Waals surface area contributed by atoms with Gasteiger partial charge in [0.25, 0.3) is 5.91 Å². The van der Waals surface area contributed by atoms with E-state index in [1.807, 2.05) is 56.3 Å². The highest BCUT2D eigenvalue weighted by Crippen LogP contribution is 2.29. The van der Waals surface area contributed by atoms with Gasteiger partial charge in [0.15, 0.2) is 11.5 Å². The van der Waals surface area contributed by atoms with Gasteiger partial charge in [0.1, 0.15) is 12.4 Å². The Morgan fingerprint density at radius 1 is 0.939 bits per heavy atom. The minimum Gasteiger partial charge on any atom is -0.494 e. The monoisotopic (exact) mass is 510 g/mol. The van der Waals surface area contributed by atoms with Gasteiger partial charge in [-0.2, -0.15) is 5.10 Å². The van der Waals surface area contributed by atoms with Crippen molar-refractivity contribution in [2.24, 2.45) is 5.10 Å². The smallest absolute Gasteiger partial charge is 0.271 e. The summed E-state index contributed by atoms with van der Waals surface area (Å²) in [6.07, 6.45) is 2.50. The fourth-order valence-corrected chi connectivity index (χ4v) is 3.15. The van der Waals surface area contributed by atoms with Gasteiger partial charge >= 0.3 is 0 Å². The van der Waals surface area contributed by atoms with Crippen LogP contribution in [0.1, 0.15) is 41.8 Å². The molecule has 0 fully saturated rings. The summed E-state index contributed by atoms with van der Waals surface area (Å²) >= 11 is 3.43. The van der Waals surface area contributed by atoms with Crippen LogP contribution in [-0.2, 0) is 6.61 Å². The Labute approximate surface area is 202 Å². The third-order valence-corrected chi connectivity index (χ3v) is 5.07. The van der Waals surface area contributed by atoms with E-state index >= 15 is 0 Å². The molecule has 3 rings (SSSR count). The number of benzene rings is 3. The second kappa shape index (κ2) is 12.6. The van der Waals surface area contributed by atoms with Gasteiger partial charge in [-0.15, -0.1) is 0 Å². The normalized spacial score (nSPS) is 10.8. The first-order valence-electron chi connectivity index (χ1n) is 10.8. The van der Waals surface area contributed by atoms with E-state index in [1.54, 1.807) is 30.5 Å². The average Bonchev–Trinajstić information content (AvgIpc) is 2.83. The Balaban J connectivity index is 1.59. The van der Waals surface area contributed by atoms with Crippen molar-refractivity contribution >= 4 is 28.1 Å². The van der Waals surface area contributed by atoms with Crippen LogP contribution in [0.2, 0.25) is 0 Å². The molecule has 0 bridgehead atoms. The maximum Gasteiger partial charge on any atom is 0.271 e. The molecule has 0 saturated heterocycles. The number of hydrazone groups is 1. The first-order chi connectivity index (χ1) is 16.1. The first-order valence-corrected chi connectivity index (χ1v) is 11.6. The van der Waals surface area contributed by atoms with Crippen molar-refractivity contribution in [2.45, 2.75) is 26.9 Å². The Bertz CT molecular complexity index is 1070. The topological polar surface area (TPSA) is 69.2 Å². The number of nitrogens with zero attached hydrogens (tertiary/aromatic N) is 1. The van der Waals surface area contributed by atoms with Crippen molar-refractivity contribution < 1.29 is 19.0 Å². The first kappa shape index (κ1) is 24.3. The lowest BCUT2D eigenvalue weighted by Crippen LogP contribution is -2.17. The SMILES string of the molecule is CCCOc1ccc(C(=O)N/N=C/c2ccc(OCc3ccc(Br)cc3)c(OCC)c2)cc1. The number of carbonyl (C=O) groups excluding carboxylic acids is 1. The number of hydrogen-bond acceptors (Lipinski definition) is 5. The van der Waals surface area contributed by atoms with Crippen molar-refractivity contribution in [3.05, 3.63) is 87.9 Å². The molecular formula is C26H27BrN2O4. The third-order valence-electron chi connectivity index (χ3n) is 4.54. The molecule has 1 N–H and O–H groups in total. The molecule has 1 amide bonds.